The molecule has 10 heteroatoms. The van der Waals surface area contributed by atoms with Gasteiger partial charge in [0, 0.05) is 6.54 Å². The molecule has 1 fully saturated rings. The first-order valence-corrected chi connectivity index (χ1v) is 9.12. The highest BCUT2D eigenvalue weighted by molar-refractivity contribution is 6.30. The monoisotopic (exact) mass is 411 g/mol. The van der Waals surface area contributed by atoms with Gasteiger partial charge in [0.1, 0.15) is 35.5 Å². The highest BCUT2D eigenvalue weighted by atomic mass is 35.5. The van der Waals surface area contributed by atoms with E-state index in [1.165, 1.54) is 25.4 Å². The van der Waals surface area contributed by atoms with Crippen molar-refractivity contribution in [2.24, 2.45) is 0 Å². The molecule has 0 bridgehead atoms. The molecule has 2 aromatic rings. The summed E-state index contributed by atoms with van der Waals surface area (Å²) < 4.78 is 19.7. The number of benzene rings is 1. The molecule has 0 unspecified atom stereocenters. The Labute approximate surface area is 164 Å². The summed E-state index contributed by atoms with van der Waals surface area (Å²) in [5, 5.41) is 32.0. The predicted molar refractivity (Wildman–Crippen MR) is 97.6 cm³/mol. The van der Waals surface area contributed by atoms with Crippen LogP contribution in [0.2, 0.25) is 5.02 Å². The fourth-order valence-electron chi connectivity index (χ4n) is 3.83. The zero-order valence-corrected chi connectivity index (χ0v) is 15.6. The number of aromatic amines is 1. The highest BCUT2D eigenvalue weighted by Crippen LogP contribution is 2.39. The minimum atomic E-state index is -1.81. The summed E-state index contributed by atoms with van der Waals surface area (Å²) >= 11 is 5.69. The fraction of sp³-hybridized carbons (Fsp3) is 0.444. The van der Waals surface area contributed by atoms with Crippen molar-refractivity contribution >= 4 is 17.4 Å². The molecule has 150 valence electrons. The molecule has 2 aliphatic heterocycles. The van der Waals surface area contributed by atoms with Crippen LogP contribution in [0.15, 0.2) is 29.3 Å². The molecule has 3 heterocycles. The first-order chi connectivity index (χ1) is 13.2. The molecule has 8 nitrogen and oxygen atoms in total. The van der Waals surface area contributed by atoms with Crippen molar-refractivity contribution < 1.29 is 24.4 Å². The number of H-pyrrole nitrogens is 1. The summed E-state index contributed by atoms with van der Waals surface area (Å²) in [6, 6.07) is 3.78. The molecule has 2 aliphatic rings. The molecule has 0 radical (unpaired) electrons. The molecule has 4 rings (SSSR count). The van der Waals surface area contributed by atoms with Crippen molar-refractivity contribution in [3.05, 3.63) is 56.8 Å². The lowest BCUT2D eigenvalue weighted by Gasteiger charge is -2.33. The van der Waals surface area contributed by atoms with Gasteiger partial charge in [-0.25, -0.2) is 9.37 Å². The highest BCUT2D eigenvalue weighted by Gasteiger charge is 2.54. The smallest absolute Gasteiger partial charge is 0.256 e. The third-order valence-electron chi connectivity index (χ3n) is 5.40. The van der Waals surface area contributed by atoms with Gasteiger partial charge in [0.05, 0.1) is 16.9 Å². The Balaban J connectivity index is 1.64. The number of aromatic nitrogens is 2. The standard InChI is InChI=1S/C18H19ClFN3O5/c1-18(27,8-2-3-10(19)11(20)6-8)14-12(24)13(25)17(28-14)23-5-4-9-15(23)21-7-22-16(9)26/h2-3,6-7,12-14,17,24-25,27H,4-5H2,1H3,(H,21,22,26)/t12-,13+,14-,17+,18+/m0/s1. The number of rotatable bonds is 3. The Morgan fingerprint density at radius 1 is 1.39 bits per heavy atom. The zero-order valence-electron chi connectivity index (χ0n) is 14.8. The Morgan fingerprint density at radius 3 is 2.86 bits per heavy atom. The van der Waals surface area contributed by atoms with Crippen LogP contribution in [-0.2, 0) is 16.8 Å². The van der Waals surface area contributed by atoms with Gasteiger partial charge in [-0.05, 0) is 31.0 Å². The molecule has 0 amide bonds. The minimum absolute atomic E-state index is 0.102. The second-order valence-electron chi connectivity index (χ2n) is 7.18. The molecule has 4 N–H and O–H groups in total. The van der Waals surface area contributed by atoms with Gasteiger partial charge in [0.25, 0.3) is 5.56 Å². The average molecular weight is 412 g/mol. The number of fused-ring (bicyclic) bond motifs is 1. The van der Waals surface area contributed by atoms with E-state index in [1.807, 2.05) is 0 Å². The number of halogens is 2. The summed E-state index contributed by atoms with van der Waals surface area (Å²) in [6.45, 7) is 1.72. The summed E-state index contributed by atoms with van der Waals surface area (Å²) in [4.78, 5) is 20.1. The van der Waals surface area contributed by atoms with Gasteiger partial charge in [-0.15, -0.1) is 0 Å². The molecule has 1 aromatic carbocycles. The topological polar surface area (TPSA) is 119 Å². The fourth-order valence-corrected chi connectivity index (χ4v) is 3.95. The van der Waals surface area contributed by atoms with E-state index in [2.05, 4.69) is 9.97 Å². The van der Waals surface area contributed by atoms with Crippen LogP contribution in [0, 0.1) is 5.82 Å². The van der Waals surface area contributed by atoms with Gasteiger partial charge < -0.3 is 29.9 Å². The van der Waals surface area contributed by atoms with Crippen molar-refractivity contribution in [2.45, 2.75) is 43.5 Å². The Kier molecular flexibility index (Phi) is 4.67. The molecule has 0 spiro atoms. The molecular weight excluding hydrogens is 393 g/mol. The van der Waals surface area contributed by atoms with Crippen LogP contribution < -0.4 is 10.5 Å². The Hall–Kier alpha value is -2.04. The summed E-state index contributed by atoms with van der Waals surface area (Å²) in [6.07, 6.45) is -3.45. The number of aliphatic hydroxyl groups excluding tert-OH is 2. The third kappa shape index (κ3) is 2.90. The van der Waals surface area contributed by atoms with E-state index in [0.717, 1.165) is 6.07 Å². The number of nitrogens with zero attached hydrogens (tertiary/aromatic N) is 2. The predicted octanol–water partition coefficient (Wildman–Crippen LogP) is 0.279. The van der Waals surface area contributed by atoms with Crippen molar-refractivity contribution in [1.29, 1.82) is 0 Å². The number of hydrogen-bond acceptors (Lipinski definition) is 7. The van der Waals surface area contributed by atoms with E-state index in [1.54, 1.807) is 4.90 Å². The van der Waals surface area contributed by atoms with Gasteiger partial charge in [0.15, 0.2) is 6.23 Å². The second-order valence-corrected chi connectivity index (χ2v) is 7.59. The lowest BCUT2D eigenvalue weighted by atomic mass is 9.86. The number of hydrogen-bond donors (Lipinski definition) is 4. The van der Waals surface area contributed by atoms with Crippen LogP contribution in [0.5, 0.6) is 0 Å². The second kappa shape index (κ2) is 6.78. The average Bonchev–Trinajstić information content (AvgIpc) is 3.20. The van der Waals surface area contributed by atoms with E-state index < -0.39 is 36.0 Å². The van der Waals surface area contributed by atoms with Crippen LogP contribution in [0.1, 0.15) is 18.1 Å². The molecule has 0 saturated carbocycles. The summed E-state index contributed by atoms with van der Waals surface area (Å²) in [5.41, 5.74) is -1.49. The van der Waals surface area contributed by atoms with Crippen LogP contribution in [0.25, 0.3) is 0 Å². The van der Waals surface area contributed by atoms with Crippen molar-refractivity contribution in [3.63, 3.8) is 0 Å². The van der Waals surface area contributed by atoms with E-state index in [9.17, 15) is 24.5 Å². The Morgan fingerprint density at radius 2 is 2.14 bits per heavy atom. The van der Waals surface area contributed by atoms with Gasteiger partial charge in [-0.1, -0.05) is 17.7 Å². The van der Waals surface area contributed by atoms with Crippen LogP contribution in [-0.4, -0.2) is 56.4 Å². The van der Waals surface area contributed by atoms with E-state index in [-0.39, 0.29) is 16.1 Å². The normalized spacial score (nSPS) is 29.0. The minimum Gasteiger partial charge on any atom is -0.387 e. The number of ether oxygens (including phenoxy) is 1. The van der Waals surface area contributed by atoms with Crippen molar-refractivity contribution in [1.82, 2.24) is 9.97 Å². The van der Waals surface area contributed by atoms with Crippen LogP contribution >= 0.6 is 11.6 Å². The van der Waals surface area contributed by atoms with Crippen molar-refractivity contribution in [3.8, 4) is 0 Å². The first-order valence-electron chi connectivity index (χ1n) is 8.74. The maximum atomic E-state index is 13.9. The van der Waals surface area contributed by atoms with Crippen LogP contribution in [0.3, 0.4) is 0 Å². The first kappa shape index (κ1) is 19.3. The maximum Gasteiger partial charge on any atom is 0.256 e. The molecule has 0 aliphatic carbocycles. The van der Waals surface area contributed by atoms with Gasteiger partial charge in [-0.3, -0.25) is 4.79 Å². The largest absolute Gasteiger partial charge is 0.387 e. The van der Waals surface area contributed by atoms with Crippen molar-refractivity contribution in [2.75, 3.05) is 11.4 Å². The summed E-state index contributed by atoms with van der Waals surface area (Å²) in [5.74, 6) is -0.362. The lowest BCUT2D eigenvalue weighted by molar-refractivity contribution is -0.124. The number of aliphatic hydroxyl groups is 3. The third-order valence-corrected chi connectivity index (χ3v) is 5.71. The lowest BCUT2D eigenvalue weighted by Crippen LogP contribution is -2.45. The number of nitrogens with one attached hydrogen (secondary N) is 1. The quantitative estimate of drug-likeness (QED) is 0.572. The number of anilines is 1. The molecule has 1 saturated heterocycles. The van der Waals surface area contributed by atoms with Gasteiger partial charge >= 0.3 is 0 Å². The van der Waals surface area contributed by atoms with Crippen LogP contribution in [0.4, 0.5) is 10.2 Å². The molecular formula is C18H19ClFN3O5. The van der Waals surface area contributed by atoms with E-state index >= 15 is 0 Å². The Bertz CT molecular complexity index is 968. The van der Waals surface area contributed by atoms with E-state index in [0.29, 0.717) is 24.3 Å². The van der Waals surface area contributed by atoms with E-state index in [4.69, 9.17) is 16.3 Å². The van der Waals surface area contributed by atoms with Gasteiger partial charge in [0.2, 0.25) is 0 Å². The molecule has 5 atom stereocenters. The summed E-state index contributed by atoms with van der Waals surface area (Å²) in [7, 11) is 0. The maximum absolute atomic E-state index is 13.9. The van der Waals surface area contributed by atoms with Gasteiger partial charge in [-0.2, -0.15) is 0 Å². The SMILES string of the molecule is C[C@@](O)(c1ccc(Cl)c(F)c1)[C@H]1O[C@@H](N2CCc3c2nc[nH]c3=O)[C@H](O)[C@@H]1O. The molecule has 28 heavy (non-hydrogen) atoms. The molecule has 1 aromatic heterocycles. The zero-order chi connectivity index (χ0) is 20.2.